The number of methoxy groups -OCH3 is 1. The minimum Gasteiger partial charge on any atom is -0.497 e. The number of aromatic nitrogens is 1. The van der Waals surface area contributed by atoms with Crippen molar-refractivity contribution in [2.24, 2.45) is 0 Å². The normalized spacial score (nSPS) is 12.3. The van der Waals surface area contributed by atoms with Crippen LogP contribution in [0.25, 0.3) is 10.9 Å². The monoisotopic (exact) mass is 418 g/mol. The molecule has 0 unspecified atom stereocenters. The third-order valence-corrected chi connectivity index (χ3v) is 5.51. The molecule has 0 saturated carbocycles. The second-order valence-electron chi connectivity index (χ2n) is 7.03. The lowest BCUT2D eigenvalue weighted by Crippen LogP contribution is -2.25. The molecule has 2 aromatic carbocycles. The summed E-state index contributed by atoms with van der Waals surface area (Å²) in [5, 5.41) is 14.5. The van der Waals surface area contributed by atoms with Gasteiger partial charge in [0.2, 0.25) is 0 Å². The number of benzene rings is 2. The molecule has 3 aromatic rings. The molecule has 0 radical (unpaired) electrons. The third-order valence-electron chi connectivity index (χ3n) is 5.16. The summed E-state index contributed by atoms with van der Waals surface area (Å²) >= 11 is 6.21. The summed E-state index contributed by atoms with van der Waals surface area (Å²) in [6, 6.07) is 9.87. The van der Waals surface area contributed by atoms with Crippen LogP contribution in [-0.2, 0) is 13.1 Å². The van der Waals surface area contributed by atoms with Gasteiger partial charge in [-0.3, -0.25) is 0 Å². The van der Waals surface area contributed by atoms with Crippen LogP contribution >= 0.6 is 11.6 Å². The maximum absolute atomic E-state index is 13.4. The van der Waals surface area contributed by atoms with Crippen LogP contribution in [0.15, 0.2) is 36.4 Å². The quantitative estimate of drug-likeness (QED) is 0.535. The average molecular weight is 419 g/mol. The Kier molecular flexibility index (Phi) is 6.45. The molecular formula is C22H24ClFN2O3. The highest BCUT2D eigenvalue weighted by atomic mass is 35.5. The van der Waals surface area contributed by atoms with Gasteiger partial charge in [-0.15, -0.1) is 0 Å². The molecule has 0 saturated heterocycles. The van der Waals surface area contributed by atoms with Gasteiger partial charge in [0.1, 0.15) is 17.3 Å². The Labute approximate surface area is 174 Å². The molecule has 1 aromatic heterocycles. The van der Waals surface area contributed by atoms with E-state index in [2.05, 4.69) is 19.2 Å². The zero-order valence-electron chi connectivity index (χ0n) is 16.6. The van der Waals surface area contributed by atoms with E-state index in [1.165, 1.54) is 12.1 Å². The standard InChI is InChI=1S/C22H24ClFN2O3/c1-4-13(2)25-11-18-17-8-7-16(29-3)10-20(17)26(21(18)22(27)28)12-14-5-6-15(24)9-19(14)23/h5-10,13,25H,4,11-12H2,1-3H3,(H,27,28)/t13-/m1/s1. The van der Waals surface area contributed by atoms with Crippen LogP contribution < -0.4 is 10.1 Å². The van der Waals surface area contributed by atoms with E-state index >= 15 is 0 Å². The number of halogens is 2. The second kappa shape index (κ2) is 8.84. The van der Waals surface area contributed by atoms with Crippen LogP contribution in [0.1, 0.15) is 41.9 Å². The van der Waals surface area contributed by atoms with Crippen LogP contribution in [0.5, 0.6) is 5.75 Å². The van der Waals surface area contributed by atoms with Crippen molar-refractivity contribution in [3.63, 3.8) is 0 Å². The van der Waals surface area contributed by atoms with E-state index in [9.17, 15) is 14.3 Å². The molecule has 154 valence electrons. The zero-order valence-corrected chi connectivity index (χ0v) is 17.4. The Bertz CT molecular complexity index is 1050. The van der Waals surface area contributed by atoms with Gasteiger partial charge in [-0.2, -0.15) is 0 Å². The SMILES string of the molecule is CC[C@@H](C)NCc1c(C(=O)O)n(Cc2ccc(F)cc2Cl)c2cc(OC)ccc12. The van der Waals surface area contributed by atoms with E-state index in [0.717, 1.165) is 17.3 Å². The van der Waals surface area contributed by atoms with E-state index < -0.39 is 11.8 Å². The number of aromatic carboxylic acids is 1. The molecule has 1 heterocycles. The van der Waals surface area contributed by atoms with Gasteiger partial charge in [-0.05, 0) is 43.2 Å². The molecule has 7 heteroatoms. The number of ether oxygens (including phenoxy) is 1. The number of nitrogens with zero attached hydrogens (tertiary/aromatic N) is 1. The summed E-state index contributed by atoms with van der Waals surface area (Å²) < 4.78 is 20.5. The summed E-state index contributed by atoms with van der Waals surface area (Å²) in [6.45, 7) is 4.75. The second-order valence-corrected chi connectivity index (χ2v) is 7.43. The number of carboxylic acids is 1. The predicted octanol–water partition coefficient (Wildman–Crippen LogP) is 5.08. The van der Waals surface area contributed by atoms with Crippen LogP contribution in [0.4, 0.5) is 4.39 Å². The van der Waals surface area contributed by atoms with Gasteiger partial charge in [0.15, 0.2) is 0 Å². The fourth-order valence-corrected chi connectivity index (χ4v) is 3.58. The van der Waals surface area contributed by atoms with Crippen molar-refractivity contribution in [2.75, 3.05) is 7.11 Å². The molecule has 2 N–H and O–H groups in total. The van der Waals surface area contributed by atoms with E-state index in [4.69, 9.17) is 16.3 Å². The first kappa shape index (κ1) is 21.1. The highest BCUT2D eigenvalue weighted by molar-refractivity contribution is 6.31. The van der Waals surface area contributed by atoms with E-state index in [1.807, 2.05) is 18.2 Å². The fraction of sp³-hybridized carbons (Fsp3) is 0.318. The molecule has 0 amide bonds. The molecule has 29 heavy (non-hydrogen) atoms. The Morgan fingerprint density at radius 2 is 2.07 bits per heavy atom. The molecule has 0 aliphatic heterocycles. The largest absolute Gasteiger partial charge is 0.497 e. The minimum absolute atomic E-state index is 0.185. The van der Waals surface area contributed by atoms with E-state index in [0.29, 0.717) is 23.4 Å². The van der Waals surface area contributed by atoms with E-state index in [-0.39, 0.29) is 23.3 Å². The van der Waals surface area contributed by atoms with Crippen LogP contribution in [0, 0.1) is 5.82 Å². The third kappa shape index (κ3) is 4.38. The first-order valence-corrected chi connectivity index (χ1v) is 9.83. The van der Waals surface area contributed by atoms with Crippen molar-refractivity contribution in [3.05, 3.63) is 64.1 Å². The van der Waals surface area contributed by atoms with Gasteiger partial charge in [0, 0.05) is 41.2 Å². The molecule has 3 rings (SSSR count). The lowest BCUT2D eigenvalue weighted by atomic mass is 10.1. The summed E-state index contributed by atoms with van der Waals surface area (Å²) in [6.07, 6.45) is 0.931. The highest BCUT2D eigenvalue weighted by Gasteiger charge is 2.23. The number of hydrogen-bond donors (Lipinski definition) is 2. The van der Waals surface area contributed by atoms with Crippen LogP contribution in [0.2, 0.25) is 5.02 Å². The maximum Gasteiger partial charge on any atom is 0.352 e. The smallest absolute Gasteiger partial charge is 0.352 e. The Morgan fingerprint density at radius 3 is 2.69 bits per heavy atom. The van der Waals surface area contributed by atoms with Crippen molar-refractivity contribution < 1.29 is 19.0 Å². The summed E-state index contributed by atoms with van der Waals surface area (Å²) in [5.41, 5.74) is 2.25. The Hall–Kier alpha value is -2.57. The number of hydrogen-bond acceptors (Lipinski definition) is 3. The lowest BCUT2D eigenvalue weighted by Gasteiger charge is -2.13. The van der Waals surface area contributed by atoms with Gasteiger partial charge >= 0.3 is 5.97 Å². The van der Waals surface area contributed by atoms with Crippen LogP contribution in [0.3, 0.4) is 0 Å². The maximum atomic E-state index is 13.4. The molecule has 0 bridgehead atoms. The molecule has 1 atom stereocenters. The Balaban J connectivity index is 2.19. The molecule has 0 spiro atoms. The summed E-state index contributed by atoms with van der Waals surface area (Å²) in [4.78, 5) is 12.2. The fourth-order valence-electron chi connectivity index (χ4n) is 3.36. The van der Waals surface area contributed by atoms with Crippen molar-refractivity contribution in [1.82, 2.24) is 9.88 Å². The Morgan fingerprint density at radius 1 is 1.31 bits per heavy atom. The van der Waals surface area contributed by atoms with Gasteiger partial charge in [0.05, 0.1) is 12.6 Å². The van der Waals surface area contributed by atoms with Gasteiger partial charge in [-0.25, -0.2) is 9.18 Å². The van der Waals surface area contributed by atoms with Gasteiger partial charge in [-0.1, -0.05) is 24.6 Å². The molecular weight excluding hydrogens is 395 g/mol. The summed E-state index contributed by atoms with van der Waals surface area (Å²) in [7, 11) is 1.56. The van der Waals surface area contributed by atoms with Gasteiger partial charge < -0.3 is 19.7 Å². The number of fused-ring (bicyclic) bond motifs is 1. The highest BCUT2D eigenvalue weighted by Crippen LogP contribution is 2.32. The minimum atomic E-state index is -1.03. The number of nitrogens with one attached hydrogen (secondary N) is 1. The van der Waals surface area contributed by atoms with Crippen molar-refractivity contribution >= 4 is 28.5 Å². The molecule has 0 fully saturated rings. The van der Waals surface area contributed by atoms with Gasteiger partial charge in [0.25, 0.3) is 0 Å². The van der Waals surface area contributed by atoms with Crippen LogP contribution in [-0.4, -0.2) is 28.8 Å². The lowest BCUT2D eigenvalue weighted by molar-refractivity contribution is 0.0684. The van der Waals surface area contributed by atoms with Crippen molar-refractivity contribution in [2.45, 2.75) is 39.4 Å². The van der Waals surface area contributed by atoms with Crippen molar-refractivity contribution in [3.8, 4) is 5.75 Å². The van der Waals surface area contributed by atoms with E-state index in [1.54, 1.807) is 17.7 Å². The first-order valence-electron chi connectivity index (χ1n) is 9.45. The number of carbonyl (C=O) groups is 1. The topological polar surface area (TPSA) is 63.5 Å². The molecule has 5 nitrogen and oxygen atoms in total. The average Bonchev–Trinajstić information content (AvgIpc) is 3.00. The zero-order chi connectivity index (χ0) is 21.1. The first-order chi connectivity index (χ1) is 13.8. The molecule has 0 aliphatic rings. The summed E-state index contributed by atoms with van der Waals surface area (Å²) in [5.74, 6) is -0.839. The predicted molar refractivity (Wildman–Crippen MR) is 113 cm³/mol. The molecule has 0 aliphatic carbocycles. The van der Waals surface area contributed by atoms with Crippen molar-refractivity contribution in [1.29, 1.82) is 0 Å². The number of rotatable bonds is 8. The number of carboxylic acid groups (broad SMARTS) is 1.